The second-order valence-corrected chi connectivity index (χ2v) is 6.54. The first-order valence-corrected chi connectivity index (χ1v) is 8.86. The largest absolute Gasteiger partial charge is 0.490 e. The molecule has 3 rings (SSSR count). The molecule has 1 N–H and O–H groups in total. The van der Waals surface area contributed by atoms with Crippen molar-refractivity contribution in [3.05, 3.63) is 76.3 Å². The summed E-state index contributed by atoms with van der Waals surface area (Å²) < 4.78 is 5.39. The Morgan fingerprint density at radius 1 is 1.04 bits per heavy atom. The van der Waals surface area contributed by atoms with Crippen LogP contribution in [0.2, 0.25) is 10.0 Å². The number of urea groups is 1. The molecule has 2 aromatic rings. The summed E-state index contributed by atoms with van der Waals surface area (Å²) in [7, 11) is 0. The second-order valence-electron chi connectivity index (χ2n) is 5.72. The molecule has 0 bridgehead atoms. The Morgan fingerprint density at radius 3 is 2.39 bits per heavy atom. The van der Waals surface area contributed by atoms with Gasteiger partial charge in [-0.2, -0.15) is 0 Å². The van der Waals surface area contributed by atoms with Gasteiger partial charge in [0.15, 0.2) is 0 Å². The van der Waals surface area contributed by atoms with Crippen LogP contribution in [0.1, 0.15) is 5.56 Å². The lowest BCUT2D eigenvalue weighted by Gasteiger charge is -2.26. The summed E-state index contributed by atoms with van der Waals surface area (Å²) in [5.74, 6) is -0.925. The first kappa shape index (κ1) is 19.7. The minimum Gasteiger partial charge on any atom is -0.490 e. The Kier molecular flexibility index (Phi) is 5.82. The number of carbonyl (C=O) groups excluding carboxylic acids is 3. The van der Waals surface area contributed by atoms with Crippen LogP contribution in [0.5, 0.6) is 5.75 Å². The molecule has 1 heterocycles. The highest BCUT2D eigenvalue weighted by atomic mass is 35.5. The number of nitrogens with zero attached hydrogens (tertiary/aromatic N) is 1. The van der Waals surface area contributed by atoms with E-state index in [2.05, 4.69) is 11.9 Å². The van der Waals surface area contributed by atoms with Gasteiger partial charge in [-0.05, 0) is 42.0 Å². The summed E-state index contributed by atoms with van der Waals surface area (Å²) in [6, 6.07) is 10.2. The fourth-order valence-corrected chi connectivity index (χ4v) is 2.79. The number of benzene rings is 2. The van der Waals surface area contributed by atoms with Crippen LogP contribution in [-0.2, 0) is 9.59 Å². The molecule has 0 atom stereocenters. The number of ether oxygens (including phenoxy) is 1. The molecule has 0 unspecified atom stereocenters. The number of hydrogen-bond acceptors (Lipinski definition) is 4. The molecule has 1 fully saturated rings. The molecule has 142 valence electrons. The normalized spacial score (nSPS) is 15.6. The number of nitrogens with one attached hydrogen (secondary N) is 1. The third kappa shape index (κ3) is 4.08. The maximum atomic E-state index is 12.8. The van der Waals surface area contributed by atoms with Gasteiger partial charge in [-0.15, -0.1) is 0 Å². The van der Waals surface area contributed by atoms with Crippen molar-refractivity contribution in [3.63, 3.8) is 0 Å². The molecule has 8 heteroatoms. The zero-order chi connectivity index (χ0) is 20.3. The molecule has 4 amide bonds. The topological polar surface area (TPSA) is 75.7 Å². The summed E-state index contributed by atoms with van der Waals surface area (Å²) >= 11 is 11.9. The zero-order valence-corrected chi connectivity index (χ0v) is 16.0. The minimum absolute atomic E-state index is 0.178. The number of imide groups is 2. The van der Waals surface area contributed by atoms with Gasteiger partial charge in [0, 0.05) is 0 Å². The molecular formula is C20H14Cl2N2O4. The molecule has 0 radical (unpaired) electrons. The zero-order valence-electron chi connectivity index (χ0n) is 14.4. The number of carbonyl (C=O) groups is 3. The van der Waals surface area contributed by atoms with Gasteiger partial charge in [0.25, 0.3) is 11.8 Å². The maximum absolute atomic E-state index is 12.8. The van der Waals surface area contributed by atoms with Gasteiger partial charge in [-0.25, -0.2) is 9.69 Å². The van der Waals surface area contributed by atoms with Crippen LogP contribution in [0.4, 0.5) is 10.5 Å². The van der Waals surface area contributed by atoms with Crippen molar-refractivity contribution in [1.82, 2.24) is 5.32 Å². The van der Waals surface area contributed by atoms with E-state index in [0.717, 1.165) is 4.90 Å². The third-order valence-corrected chi connectivity index (χ3v) is 4.56. The highest BCUT2D eigenvalue weighted by Crippen LogP contribution is 2.29. The smallest absolute Gasteiger partial charge is 0.335 e. The summed E-state index contributed by atoms with van der Waals surface area (Å²) in [6.07, 6.45) is 3.02. The fourth-order valence-electron chi connectivity index (χ4n) is 2.50. The van der Waals surface area contributed by atoms with Crippen LogP contribution < -0.4 is 15.0 Å². The van der Waals surface area contributed by atoms with Crippen molar-refractivity contribution in [3.8, 4) is 5.75 Å². The summed E-state index contributed by atoms with van der Waals surface area (Å²) in [5.41, 5.74) is 0.599. The number of hydrogen-bond donors (Lipinski definition) is 1. The van der Waals surface area contributed by atoms with Crippen molar-refractivity contribution in [2.45, 2.75) is 0 Å². The molecule has 28 heavy (non-hydrogen) atoms. The monoisotopic (exact) mass is 416 g/mol. The highest BCUT2D eigenvalue weighted by Gasteiger charge is 2.36. The predicted octanol–water partition coefficient (Wildman–Crippen LogP) is 4.22. The average molecular weight is 417 g/mol. The van der Waals surface area contributed by atoms with E-state index in [1.54, 1.807) is 30.3 Å². The minimum atomic E-state index is -0.862. The third-order valence-electron chi connectivity index (χ3n) is 3.82. The van der Waals surface area contributed by atoms with Crippen LogP contribution in [0.3, 0.4) is 0 Å². The van der Waals surface area contributed by atoms with E-state index >= 15 is 0 Å². The average Bonchev–Trinajstić information content (AvgIpc) is 2.67. The van der Waals surface area contributed by atoms with Gasteiger partial charge in [0.05, 0.1) is 15.7 Å². The van der Waals surface area contributed by atoms with E-state index in [9.17, 15) is 14.4 Å². The lowest BCUT2D eigenvalue weighted by Crippen LogP contribution is -2.54. The molecule has 0 aromatic heterocycles. The number of barbiturate groups is 1. The van der Waals surface area contributed by atoms with Crippen molar-refractivity contribution < 1.29 is 19.1 Å². The van der Waals surface area contributed by atoms with Crippen LogP contribution in [-0.4, -0.2) is 24.5 Å². The molecule has 0 saturated carbocycles. The Bertz CT molecular complexity index is 1000. The summed E-state index contributed by atoms with van der Waals surface area (Å²) in [6.45, 7) is 3.93. The van der Waals surface area contributed by atoms with Gasteiger partial charge < -0.3 is 4.74 Å². The number of halogens is 2. The SMILES string of the molecule is C=CCOc1ccc(/C=C2\C(=O)NC(=O)N(c3ccc(Cl)c(Cl)c3)C2=O)cc1. The van der Waals surface area contributed by atoms with E-state index in [-0.39, 0.29) is 21.3 Å². The highest BCUT2D eigenvalue weighted by molar-refractivity contribution is 6.43. The lowest BCUT2D eigenvalue weighted by molar-refractivity contribution is -0.122. The molecular weight excluding hydrogens is 403 g/mol. The Morgan fingerprint density at radius 2 is 1.75 bits per heavy atom. The van der Waals surface area contributed by atoms with Crippen molar-refractivity contribution in [2.75, 3.05) is 11.5 Å². The van der Waals surface area contributed by atoms with Gasteiger partial charge in [-0.3, -0.25) is 14.9 Å². The molecule has 2 aromatic carbocycles. The van der Waals surface area contributed by atoms with E-state index in [1.807, 2.05) is 0 Å². The molecule has 1 aliphatic rings. The molecule has 0 aliphatic carbocycles. The fraction of sp³-hybridized carbons (Fsp3) is 0.0500. The quantitative estimate of drug-likeness (QED) is 0.449. The van der Waals surface area contributed by atoms with Crippen LogP contribution in [0, 0.1) is 0 Å². The Labute approximate surface area is 171 Å². The van der Waals surface area contributed by atoms with Gasteiger partial charge in [-0.1, -0.05) is 48.0 Å². The summed E-state index contributed by atoms with van der Waals surface area (Å²) in [4.78, 5) is 38.0. The van der Waals surface area contributed by atoms with E-state index in [0.29, 0.717) is 17.9 Å². The first-order chi connectivity index (χ1) is 13.4. The number of amides is 4. The molecule has 6 nitrogen and oxygen atoms in total. The first-order valence-electron chi connectivity index (χ1n) is 8.11. The number of rotatable bonds is 5. The maximum Gasteiger partial charge on any atom is 0.335 e. The van der Waals surface area contributed by atoms with E-state index < -0.39 is 17.8 Å². The van der Waals surface area contributed by atoms with Gasteiger partial charge >= 0.3 is 6.03 Å². The predicted molar refractivity (Wildman–Crippen MR) is 108 cm³/mol. The van der Waals surface area contributed by atoms with Crippen molar-refractivity contribution >= 4 is 52.8 Å². The van der Waals surface area contributed by atoms with Crippen molar-refractivity contribution in [2.24, 2.45) is 0 Å². The molecule has 1 saturated heterocycles. The van der Waals surface area contributed by atoms with Crippen LogP contribution in [0.15, 0.2) is 60.7 Å². The van der Waals surface area contributed by atoms with Gasteiger partial charge in [0.1, 0.15) is 17.9 Å². The summed E-state index contributed by atoms with van der Waals surface area (Å²) in [5, 5.41) is 2.61. The van der Waals surface area contributed by atoms with E-state index in [1.165, 1.54) is 24.3 Å². The van der Waals surface area contributed by atoms with Crippen molar-refractivity contribution in [1.29, 1.82) is 0 Å². The lowest BCUT2D eigenvalue weighted by atomic mass is 10.1. The molecule has 1 aliphatic heterocycles. The van der Waals surface area contributed by atoms with E-state index in [4.69, 9.17) is 27.9 Å². The molecule has 0 spiro atoms. The van der Waals surface area contributed by atoms with Crippen LogP contribution in [0.25, 0.3) is 6.08 Å². The standard InChI is InChI=1S/C20H14Cl2N2O4/c1-2-9-28-14-6-3-12(4-7-14)10-15-18(25)23-20(27)24(19(15)26)13-5-8-16(21)17(22)11-13/h2-8,10-11H,1,9H2,(H,23,25,27)/b15-10+. The Balaban J connectivity index is 1.91. The second kappa shape index (κ2) is 8.29. The van der Waals surface area contributed by atoms with Crippen LogP contribution >= 0.6 is 23.2 Å². The number of anilines is 1. The Hall–Kier alpha value is -3.09. The van der Waals surface area contributed by atoms with Gasteiger partial charge in [0.2, 0.25) is 0 Å².